The third-order valence-electron chi connectivity index (χ3n) is 5.24. The number of hydrogen-bond acceptors (Lipinski definition) is 6. The zero-order valence-corrected chi connectivity index (χ0v) is 22.2. The number of hydrogen-bond donors (Lipinski definition) is 5. The van der Waals surface area contributed by atoms with E-state index >= 15 is 0 Å². The van der Waals surface area contributed by atoms with Crippen LogP contribution in [0.3, 0.4) is 0 Å². The molecule has 0 aliphatic carbocycles. The van der Waals surface area contributed by atoms with Crippen LogP contribution in [0.25, 0.3) is 0 Å². The van der Waals surface area contributed by atoms with Gasteiger partial charge in [-0.1, -0.05) is 60.7 Å². The molecule has 2 aromatic carbocycles. The van der Waals surface area contributed by atoms with Gasteiger partial charge in [0.2, 0.25) is 11.8 Å². The van der Waals surface area contributed by atoms with Crippen LogP contribution in [0.2, 0.25) is 0 Å². The first-order chi connectivity index (χ1) is 17.5. The highest BCUT2D eigenvalue weighted by atomic mass is 32.1. The average molecular weight is 530 g/mol. The van der Waals surface area contributed by atoms with E-state index in [1.165, 1.54) is 0 Å². The van der Waals surface area contributed by atoms with Crippen LogP contribution in [0, 0.1) is 0 Å². The highest BCUT2D eigenvalue weighted by Crippen LogP contribution is 2.10. The first-order valence-electron chi connectivity index (χ1n) is 12.0. The smallest absolute Gasteiger partial charge is 0.408 e. The fourth-order valence-electron chi connectivity index (χ4n) is 3.50. The van der Waals surface area contributed by atoms with Crippen molar-refractivity contribution in [1.29, 1.82) is 0 Å². The Kier molecular flexibility index (Phi) is 11.5. The number of benzene rings is 2. The molecule has 0 spiro atoms. The topological polar surface area (TPSA) is 134 Å². The van der Waals surface area contributed by atoms with Crippen molar-refractivity contribution >= 4 is 36.5 Å². The molecule has 0 fully saturated rings. The maximum atomic E-state index is 13.4. The maximum absolute atomic E-state index is 13.4. The van der Waals surface area contributed by atoms with Gasteiger partial charge in [0.05, 0.1) is 0 Å². The number of alkyl carbamates (subject to hydrolysis) is 1. The molecule has 2 rings (SSSR count). The number of carbonyl (C=O) groups excluding carboxylic acids is 3. The summed E-state index contributed by atoms with van der Waals surface area (Å²) in [7, 11) is 0. The third-order valence-corrected chi connectivity index (χ3v) is 5.50. The normalized spacial score (nSPS) is 13.5. The molecule has 3 amide bonds. The van der Waals surface area contributed by atoms with E-state index < -0.39 is 47.6 Å². The first kappa shape index (κ1) is 29.7. The molecule has 200 valence electrons. The van der Waals surface area contributed by atoms with Crippen molar-refractivity contribution in [3.8, 4) is 0 Å². The predicted molar refractivity (Wildman–Crippen MR) is 143 cm³/mol. The lowest BCUT2D eigenvalue weighted by Crippen LogP contribution is -2.57. The van der Waals surface area contributed by atoms with E-state index in [0.717, 1.165) is 11.1 Å². The Bertz CT molecular complexity index is 1040. The lowest BCUT2D eigenvalue weighted by atomic mass is 10.0. The van der Waals surface area contributed by atoms with Crippen molar-refractivity contribution < 1.29 is 29.0 Å². The van der Waals surface area contributed by atoms with E-state index in [-0.39, 0.29) is 25.0 Å². The number of ether oxygens (including phenoxy) is 1. The summed E-state index contributed by atoms with van der Waals surface area (Å²) in [5.41, 5.74) is 0.790. The molecule has 0 bridgehead atoms. The Balaban J connectivity index is 2.27. The quantitative estimate of drug-likeness (QED) is 0.269. The van der Waals surface area contributed by atoms with E-state index in [2.05, 4.69) is 28.6 Å². The van der Waals surface area contributed by atoms with Gasteiger partial charge in [0.1, 0.15) is 23.7 Å². The largest absolute Gasteiger partial charge is 0.480 e. The van der Waals surface area contributed by atoms with E-state index in [4.69, 9.17) is 4.74 Å². The highest BCUT2D eigenvalue weighted by molar-refractivity contribution is 7.80. The van der Waals surface area contributed by atoms with Crippen LogP contribution >= 0.6 is 12.6 Å². The number of rotatable bonds is 12. The molecule has 9 nitrogen and oxygen atoms in total. The van der Waals surface area contributed by atoms with Crippen molar-refractivity contribution in [2.24, 2.45) is 0 Å². The van der Waals surface area contributed by atoms with Gasteiger partial charge < -0.3 is 25.8 Å². The Morgan fingerprint density at radius 2 is 1.22 bits per heavy atom. The van der Waals surface area contributed by atoms with Crippen molar-refractivity contribution in [2.45, 2.75) is 63.8 Å². The molecule has 0 aliphatic heterocycles. The minimum atomic E-state index is -1.19. The van der Waals surface area contributed by atoms with Gasteiger partial charge in [-0.15, -0.1) is 0 Å². The van der Waals surface area contributed by atoms with E-state index in [1.54, 1.807) is 45.0 Å². The molecule has 2 aromatic rings. The molecular weight excluding hydrogens is 494 g/mol. The van der Waals surface area contributed by atoms with Gasteiger partial charge >= 0.3 is 12.1 Å². The lowest BCUT2D eigenvalue weighted by molar-refractivity contribution is -0.142. The van der Waals surface area contributed by atoms with E-state index in [0.29, 0.717) is 0 Å². The molecule has 3 atom stereocenters. The van der Waals surface area contributed by atoms with Crippen molar-refractivity contribution in [1.82, 2.24) is 16.0 Å². The molecule has 4 N–H and O–H groups in total. The van der Waals surface area contributed by atoms with Crippen LogP contribution < -0.4 is 16.0 Å². The average Bonchev–Trinajstić information content (AvgIpc) is 2.83. The van der Waals surface area contributed by atoms with Gasteiger partial charge in [-0.2, -0.15) is 12.6 Å². The Morgan fingerprint density at radius 3 is 1.62 bits per heavy atom. The van der Waals surface area contributed by atoms with E-state index in [9.17, 15) is 24.3 Å². The summed E-state index contributed by atoms with van der Waals surface area (Å²) in [6.45, 7) is 5.13. The number of nitrogens with one attached hydrogen (secondary N) is 3. The molecule has 0 aromatic heterocycles. The summed E-state index contributed by atoms with van der Waals surface area (Å²) in [6.07, 6.45) is -0.376. The number of carboxylic acid groups (broad SMARTS) is 1. The lowest BCUT2D eigenvalue weighted by Gasteiger charge is -2.26. The maximum Gasteiger partial charge on any atom is 0.408 e. The number of carboxylic acids is 1. The van der Waals surface area contributed by atoms with Crippen LogP contribution in [-0.2, 0) is 32.0 Å². The molecule has 0 heterocycles. The first-order valence-corrected chi connectivity index (χ1v) is 12.6. The number of thiol groups is 1. The van der Waals surface area contributed by atoms with Gasteiger partial charge in [0.15, 0.2) is 0 Å². The van der Waals surface area contributed by atoms with Gasteiger partial charge in [0, 0.05) is 12.8 Å². The molecule has 0 radical (unpaired) electrons. The summed E-state index contributed by atoms with van der Waals surface area (Å²) in [5, 5.41) is 17.3. The summed E-state index contributed by atoms with van der Waals surface area (Å²) in [5.74, 6) is -2.19. The van der Waals surface area contributed by atoms with Gasteiger partial charge in [-0.05, 0) is 44.1 Å². The van der Waals surface area contributed by atoms with Crippen molar-refractivity contribution in [3.05, 3.63) is 71.8 Å². The SMILES string of the molecule is CC(C)(C)OC(=O)N[C@@H](Cc1ccccc1)C(=O)N[C@@H](Cc1ccccc1)C(=O)N[C@H](CCS)C(=O)O. The molecule has 0 aliphatic rings. The highest BCUT2D eigenvalue weighted by Gasteiger charge is 2.30. The van der Waals surface area contributed by atoms with Gasteiger partial charge in [-0.25, -0.2) is 9.59 Å². The molecule has 10 heteroatoms. The molecular formula is C27H35N3O6S. The van der Waals surface area contributed by atoms with Crippen LogP contribution in [0.15, 0.2) is 60.7 Å². The fourth-order valence-corrected chi connectivity index (χ4v) is 3.76. The van der Waals surface area contributed by atoms with E-state index in [1.807, 2.05) is 36.4 Å². The van der Waals surface area contributed by atoms with Gasteiger partial charge in [-0.3, -0.25) is 9.59 Å². The molecule has 0 unspecified atom stereocenters. The number of aliphatic carboxylic acids is 1. The minimum Gasteiger partial charge on any atom is -0.480 e. The predicted octanol–water partition coefficient (Wildman–Crippen LogP) is 2.74. The molecule has 0 saturated heterocycles. The van der Waals surface area contributed by atoms with Crippen LogP contribution in [0.4, 0.5) is 4.79 Å². The van der Waals surface area contributed by atoms with Gasteiger partial charge in [0.25, 0.3) is 0 Å². The number of carbonyl (C=O) groups is 4. The van der Waals surface area contributed by atoms with Crippen LogP contribution in [-0.4, -0.2) is 58.5 Å². The van der Waals surface area contributed by atoms with Crippen LogP contribution in [0.5, 0.6) is 0 Å². The zero-order valence-electron chi connectivity index (χ0n) is 21.3. The van der Waals surface area contributed by atoms with Crippen molar-refractivity contribution in [2.75, 3.05) is 5.75 Å². The van der Waals surface area contributed by atoms with Crippen LogP contribution in [0.1, 0.15) is 38.3 Å². The van der Waals surface area contributed by atoms with Crippen molar-refractivity contribution in [3.63, 3.8) is 0 Å². The summed E-state index contributed by atoms with van der Waals surface area (Å²) < 4.78 is 5.33. The second-order valence-corrected chi connectivity index (χ2v) is 10.00. The zero-order chi connectivity index (χ0) is 27.4. The third kappa shape index (κ3) is 10.9. The summed E-state index contributed by atoms with van der Waals surface area (Å²) >= 11 is 4.06. The Morgan fingerprint density at radius 1 is 0.784 bits per heavy atom. The number of amides is 3. The standard InChI is InChI=1S/C27H35N3O6S/c1-27(2,3)36-26(35)30-22(17-19-12-8-5-9-13-19)24(32)29-21(16-18-10-6-4-7-11-18)23(31)28-20(14-15-37)25(33)34/h4-13,20-22,37H,14-17H2,1-3H3,(H,28,31)(H,29,32)(H,30,35)(H,33,34)/t20-,21+,22+/m1/s1. The second kappa shape index (κ2) is 14.3. The minimum absolute atomic E-state index is 0.118. The second-order valence-electron chi connectivity index (χ2n) is 9.55. The molecule has 0 saturated carbocycles. The molecule has 37 heavy (non-hydrogen) atoms. The summed E-state index contributed by atoms with van der Waals surface area (Å²) in [6, 6.07) is 14.9. The Hall–Kier alpha value is -3.53. The Labute approximate surface area is 222 Å². The monoisotopic (exact) mass is 529 g/mol. The summed E-state index contributed by atoms with van der Waals surface area (Å²) in [4.78, 5) is 50.6. The fraction of sp³-hybridized carbons (Fsp3) is 0.407.